The maximum absolute atomic E-state index is 10.5. The molecule has 0 atom stereocenters. The highest BCUT2D eigenvalue weighted by Crippen LogP contribution is 2.33. The smallest absolute Gasteiger partial charge is 0.409 e. The van der Waals surface area contributed by atoms with E-state index in [0.29, 0.717) is 5.69 Å². The third-order valence-corrected chi connectivity index (χ3v) is 4.01. The Balaban J connectivity index is 1.95. The first kappa shape index (κ1) is 11.7. The number of thiophene rings is 1. The van der Waals surface area contributed by atoms with E-state index in [1.165, 1.54) is 15.0 Å². The number of carbonyl (C=O) groups is 1. The first-order valence-electron chi connectivity index (χ1n) is 5.81. The van der Waals surface area contributed by atoms with Crippen LogP contribution in [0.25, 0.3) is 20.5 Å². The standard InChI is InChI=1S/C15H11NO2S/c17-15(18)16-12-7-5-10(6-8-12)14-9-11-3-1-2-4-13(11)19-14/h1-9,16H,(H,17,18). The van der Waals surface area contributed by atoms with Crippen molar-refractivity contribution < 1.29 is 9.90 Å². The molecule has 0 aliphatic heterocycles. The van der Waals surface area contributed by atoms with E-state index in [1.807, 2.05) is 24.3 Å². The van der Waals surface area contributed by atoms with Crippen LogP contribution in [-0.4, -0.2) is 11.2 Å². The van der Waals surface area contributed by atoms with Gasteiger partial charge in [0, 0.05) is 15.3 Å². The molecule has 0 aliphatic rings. The van der Waals surface area contributed by atoms with Crippen molar-refractivity contribution in [3.05, 3.63) is 54.6 Å². The molecule has 1 heterocycles. The highest BCUT2D eigenvalue weighted by Gasteiger charge is 2.04. The molecular formula is C15H11NO2S. The van der Waals surface area contributed by atoms with Gasteiger partial charge in [0.25, 0.3) is 0 Å². The van der Waals surface area contributed by atoms with Gasteiger partial charge in [-0.1, -0.05) is 30.3 Å². The topological polar surface area (TPSA) is 49.3 Å². The SMILES string of the molecule is O=C(O)Nc1ccc(-c2cc3ccccc3s2)cc1. The summed E-state index contributed by atoms with van der Waals surface area (Å²) < 4.78 is 1.25. The van der Waals surface area contributed by atoms with Crippen molar-refractivity contribution in [2.24, 2.45) is 0 Å². The van der Waals surface area contributed by atoms with E-state index in [4.69, 9.17) is 5.11 Å². The summed E-state index contributed by atoms with van der Waals surface area (Å²) in [7, 11) is 0. The summed E-state index contributed by atoms with van der Waals surface area (Å²) in [6.45, 7) is 0. The average Bonchev–Trinajstić information content (AvgIpc) is 2.82. The zero-order valence-corrected chi connectivity index (χ0v) is 10.8. The van der Waals surface area contributed by atoms with Crippen LogP contribution in [0.2, 0.25) is 0 Å². The summed E-state index contributed by atoms with van der Waals surface area (Å²) in [5, 5.41) is 12.2. The van der Waals surface area contributed by atoms with Crippen molar-refractivity contribution in [2.45, 2.75) is 0 Å². The minimum absolute atomic E-state index is 0.581. The van der Waals surface area contributed by atoms with Crippen LogP contribution in [0.4, 0.5) is 10.5 Å². The summed E-state index contributed by atoms with van der Waals surface area (Å²) in [5.74, 6) is 0. The number of fused-ring (bicyclic) bond motifs is 1. The molecule has 0 radical (unpaired) electrons. The lowest BCUT2D eigenvalue weighted by Gasteiger charge is -2.01. The Morgan fingerprint density at radius 1 is 1.05 bits per heavy atom. The summed E-state index contributed by atoms with van der Waals surface area (Å²) in [6.07, 6.45) is -1.05. The predicted molar refractivity (Wildman–Crippen MR) is 78.9 cm³/mol. The van der Waals surface area contributed by atoms with Crippen LogP contribution < -0.4 is 5.32 Å². The maximum Gasteiger partial charge on any atom is 0.409 e. The fraction of sp³-hybridized carbons (Fsp3) is 0. The van der Waals surface area contributed by atoms with Crippen LogP contribution in [0.1, 0.15) is 0 Å². The van der Waals surface area contributed by atoms with Crippen LogP contribution in [0.5, 0.6) is 0 Å². The summed E-state index contributed by atoms with van der Waals surface area (Å²) in [6, 6.07) is 17.8. The van der Waals surface area contributed by atoms with Gasteiger partial charge in [0.15, 0.2) is 0 Å². The lowest BCUT2D eigenvalue weighted by molar-refractivity contribution is 0.210. The van der Waals surface area contributed by atoms with Crippen molar-refractivity contribution >= 4 is 33.2 Å². The highest BCUT2D eigenvalue weighted by molar-refractivity contribution is 7.22. The minimum Gasteiger partial charge on any atom is -0.465 e. The number of hydrogen-bond donors (Lipinski definition) is 2. The first-order chi connectivity index (χ1) is 9.22. The lowest BCUT2D eigenvalue weighted by atomic mass is 10.1. The Labute approximate surface area is 114 Å². The van der Waals surface area contributed by atoms with Crippen LogP contribution in [-0.2, 0) is 0 Å². The second-order valence-electron chi connectivity index (χ2n) is 4.16. The average molecular weight is 269 g/mol. The molecule has 3 nitrogen and oxygen atoms in total. The van der Waals surface area contributed by atoms with Crippen molar-refractivity contribution in [1.82, 2.24) is 0 Å². The van der Waals surface area contributed by atoms with Gasteiger partial charge < -0.3 is 5.11 Å². The summed E-state index contributed by atoms with van der Waals surface area (Å²) in [4.78, 5) is 11.7. The molecule has 2 N–H and O–H groups in total. The van der Waals surface area contributed by atoms with Crippen molar-refractivity contribution in [2.75, 3.05) is 5.32 Å². The number of nitrogens with one attached hydrogen (secondary N) is 1. The quantitative estimate of drug-likeness (QED) is 0.711. The number of anilines is 1. The van der Waals surface area contributed by atoms with E-state index in [0.717, 1.165) is 5.56 Å². The van der Waals surface area contributed by atoms with Gasteiger partial charge in [-0.3, -0.25) is 5.32 Å². The normalized spacial score (nSPS) is 10.5. The Morgan fingerprint density at radius 3 is 2.47 bits per heavy atom. The third kappa shape index (κ3) is 2.44. The molecule has 19 heavy (non-hydrogen) atoms. The van der Waals surface area contributed by atoms with Gasteiger partial charge in [-0.15, -0.1) is 11.3 Å². The monoisotopic (exact) mass is 269 g/mol. The number of benzene rings is 2. The molecule has 1 aromatic heterocycles. The predicted octanol–water partition coefficient (Wildman–Crippen LogP) is 4.66. The molecule has 0 saturated heterocycles. The van der Waals surface area contributed by atoms with Gasteiger partial charge in [0.05, 0.1) is 0 Å². The van der Waals surface area contributed by atoms with Crippen molar-refractivity contribution in [3.8, 4) is 10.4 Å². The van der Waals surface area contributed by atoms with Crippen LogP contribution >= 0.6 is 11.3 Å². The van der Waals surface area contributed by atoms with Crippen LogP contribution in [0, 0.1) is 0 Å². The van der Waals surface area contributed by atoms with Crippen LogP contribution in [0.3, 0.4) is 0 Å². The van der Waals surface area contributed by atoms with Crippen LogP contribution in [0.15, 0.2) is 54.6 Å². The van der Waals surface area contributed by atoms with Crippen molar-refractivity contribution in [3.63, 3.8) is 0 Å². The van der Waals surface area contributed by atoms with Gasteiger partial charge in [0.2, 0.25) is 0 Å². The third-order valence-electron chi connectivity index (χ3n) is 2.85. The Morgan fingerprint density at radius 2 is 1.79 bits per heavy atom. The summed E-state index contributed by atoms with van der Waals surface area (Å²) in [5.41, 5.74) is 1.68. The first-order valence-corrected chi connectivity index (χ1v) is 6.63. The number of hydrogen-bond acceptors (Lipinski definition) is 2. The molecule has 0 saturated carbocycles. The van der Waals surface area contributed by atoms with E-state index in [9.17, 15) is 4.79 Å². The second kappa shape index (κ2) is 4.74. The fourth-order valence-corrected chi connectivity index (χ4v) is 3.03. The molecule has 3 aromatic rings. The molecule has 0 aliphatic carbocycles. The number of amides is 1. The molecule has 2 aromatic carbocycles. The van der Waals surface area contributed by atoms with Crippen molar-refractivity contribution in [1.29, 1.82) is 0 Å². The van der Waals surface area contributed by atoms with Gasteiger partial charge in [0.1, 0.15) is 0 Å². The van der Waals surface area contributed by atoms with Gasteiger partial charge >= 0.3 is 6.09 Å². The van der Waals surface area contributed by atoms with E-state index in [1.54, 1.807) is 23.5 Å². The Kier molecular flexibility index (Phi) is 2.93. The molecule has 4 heteroatoms. The van der Waals surface area contributed by atoms with Gasteiger partial charge in [-0.2, -0.15) is 0 Å². The van der Waals surface area contributed by atoms with E-state index in [2.05, 4.69) is 23.5 Å². The summed E-state index contributed by atoms with van der Waals surface area (Å²) >= 11 is 1.73. The number of rotatable bonds is 2. The fourth-order valence-electron chi connectivity index (χ4n) is 1.97. The van der Waals surface area contributed by atoms with E-state index in [-0.39, 0.29) is 0 Å². The zero-order valence-electron chi connectivity index (χ0n) is 9.96. The second-order valence-corrected chi connectivity index (χ2v) is 5.24. The van der Waals surface area contributed by atoms with E-state index >= 15 is 0 Å². The minimum atomic E-state index is -1.05. The highest BCUT2D eigenvalue weighted by atomic mass is 32.1. The molecule has 3 rings (SSSR count). The Hall–Kier alpha value is -2.33. The molecule has 1 amide bonds. The van der Waals surface area contributed by atoms with Gasteiger partial charge in [-0.05, 0) is 35.2 Å². The Bertz CT molecular complexity index is 698. The molecular weight excluding hydrogens is 258 g/mol. The molecule has 0 spiro atoms. The molecule has 94 valence electrons. The number of carboxylic acid groups (broad SMARTS) is 1. The largest absolute Gasteiger partial charge is 0.465 e. The van der Waals surface area contributed by atoms with E-state index < -0.39 is 6.09 Å². The lowest BCUT2D eigenvalue weighted by Crippen LogP contribution is -2.06. The molecule has 0 bridgehead atoms. The van der Waals surface area contributed by atoms with Gasteiger partial charge in [-0.25, -0.2) is 4.79 Å². The maximum atomic E-state index is 10.5. The zero-order chi connectivity index (χ0) is 13.2. The molecule has 0 unspecified atom stereocenters. The molecule has 0 fully saturated rings.